The van der Waals surface area contributed by atoms with Gasteiger partial charge in [0, 0.05) is 0 Å². The number of carbonyl (C=O) groups excluding carboxylic acids is 1. The predicted octanol–water partition coefficient (Wildman–Crippen LogP) is -0.825. The summed E-state index contributed by atoms with van der Waals surface area (Å²) in [6.45, 7) is 0. The van der Waals surface area contributed by atoms with Gasteiger partial charge in [0.25, 0.3) is 0 Å². The molecule has 0 fully saturated rings. The van der Waals surface area contributed by atoms with Crippen LogP contribution in [-0.2, 0) is 0 Å². The molecule has 0 saturated carbocycles. The second kappa shape index (κ2) is 1.61. The molecule has 0 bridgehead atoms. The van der Waals surface area contributed by atoms with E-state index in [0.29, 0.717) is 6.29 Å². The molecule has 1 aromatic rings. The van der Waals surface area contributed by atoms with Crippen molar-refractivity contribution in [2.24, 2.45) is 0 Å². The first kappa shape index (κ1) is 4.76. The Kier molecular flexibility index (Phi) is 0.957. The number of hydrogen-bond donors (Lipinski definition) is 1. The van der Waals surface area contributed by atoms with Gasteiger partial charge in [0.2, 0.25) is 5.69 Å². The van der Waals surface area contributed by atoms with Crippen LogP contribution >= 0.6 is 0 Å². The van der Waals surface area contributed by atoms with E-state index in [0.717, 1.165) is 0 Å². The molecule has 0 radical (unpaired) electrons. The number of H-pyrrole nitrogens is 1. The Morgan fingerprint density at radius 3 is 2.75 bits per heavy atom. The van der Waals surface area contributed by atoms with Gasteiger partial charge in [-0.15, -0.1) is 10.4 Å². The molecule has 0 unspecified atom stereocenters. The molecule has 42 valence electrons. The molecule has 0 spiro atoms. The number of nitrogens with one attached hydrogen (secondary N) is 1. The molecule has 0 atom stereocenters. The van der Waals surface area contributed by atoms with Crippen molar-refractivity contribution in [2.75, 3.05) is 0 Å². The van der Waals surface area contributed by atoms with E-state index in [2.05, 4.69) is 9.62 Å². The highest BCUT2D eigenvalue weighted by Gasteiger charge is 1.98. The van der Waals surface area contributed by atoms with E-state index >= 15 is 0 Å². The van der Waals surface area contributed by atoms with E-state index in [1.54, 1.807) is 0 Å². The maximum atomic E-state index is 10.2. The summed E-state index contributed by atoms with van der Waals surface area (Å²) in [5, 5.41) is 5.04. The monoisotopic (exact) mass is 114 g/mol. The average molecular weight is 114 g/mol. The molecule has 1 heterocycles. The van der Waals surface area contributed by atoms with Crippen molar-refractivity contribution in [2.45, 2.75) is 0 Å². The van der Waals surface area contributed by atoms with Gasteiger partial charge in [0.05, 0.1) is 0 Å². The first-order chi connectivity index (χ1) is 3.84. The van der Waals surface area contributed by atoms with Crippen molar-refractivity contribution in [3.8, 4) is 0 Å². The SMILES string of the molecule is O=Cc1n[nH]oc1=O. The lowest BCUT2D eigenvalue weighted by Gasteiger charge is -1.59. The standard InChI is InChI=1S/C3H2N2O3/c6-1-2-3(7)8-5-4-2/h1,5H. The zero-order valence-corrected chi connectivity index (χ0v) is 3.75. The third kappa shape index (κ3) is 0.534. The van der Waals surface area contributed by atoms with Gasteiger partial charge in [0.15, 0.2) is 6.29 Å². The van der Waals surface area contributed by atoms with E-state index in [9.17, 15) is 9.59 Å². The molecule has 0 aliphatic rings. The molecular weight excluding hydrogens is 112 g/mol. The summed E-state index contributed by atoms with van der Waals surface area (Å²) in [5.41, 5.74) is -0.968. The number of aldehydes is 1. The van der Waals surface area contributed by atoms with Crippen molar-refractivity contribution in [1.82, 2.24) is 10.4 Å². The van der Waals surface area contributed by atoms with Gasteiger partial charge in [-0.1, -0.05) is 0 Å². The van der Waals surface area contributed by atoms with Crippen LogP contribution in [-0.4, -0.2) is 16.7 Å². The van der Waals surface area contributed by atoms with Crippen molar-refractivity contribution < 1.29 is 9.32 Å². The number of nitrogens with zero attached hydrogens (tertiary/aromatic N) is 1. The van der Waals surface area contributed by atoms with Crippen molar-refractivity contribution in [3.63, 3.8) is 0 Å². The Morgan fingerprint density at radius 2 is 2.50 bits per heavy atom. The summed E-state index contributed by atoms with van der Waals surface area (Å²) in [6, 6.07) is 0. The van der Waals surface area contributed by atoms with E-state index in [-0.39, 0.29) is 5.69 Å². The molecule has 1 aromatic heterocycles. The summed E-state index contributed by atoms with van der Waals surface area (Å²) >= 11 is 0. The number of aromatic amines is 1. The molecule has 1 rings (SSSR count). The molecular formula is C3H2N2O3. The minimum absolute atomic E-state index is 0.231. The minimum atomic E-state index is -0.736. The summed E-state index contributed by atoms with van der Waals surface area (Å²) in [6.07, 6.45) is 0.322. The van der Waals surface area contributed by atoms with E-state index in [1.807, 2.05) is 5.27 Å². The van der Waals surface area contributed by atoms with E-state index in [4.69, 9.17) is 0 Å². The topological polar surface area (TPSA) is 76.0 Å². The van der Waals surface area contributed by atoms with Crippen LogP contribution in [0.4, 0.5) is 0 Å². The molecule has 0 aliphatic heterocycles. The van der Waals surface area contributed by atoms with Crippen LogP contribution in [0, 0.1) is 0 Å². The smallest absolute Gasteiger partial charge is 0.319 e. The zero-order chi connectivity index (χ0) is 5.98. The van der Waals surface area contributed by atoms with Gasteiger partial charge >= 0.3 is 5.63 Å². The van der Waals surface area contributed by atoms with Gasteiger partial charge in [-0.25, -0.2) is 4.79 Å². The van der Waals surface area contributed by atoms with Crippen LogP contribution in [0.15, 0.2) is 9.32 Å². The fraction of sp³-hybridized carbons (Fsp3) is 0. The quantitative estimate of drug-likeness (QED) is 0.483. The lowest BCUT2D eigenvalue weighted by atomic mass is 10.6. The summed E-state index contributed by atoms with van der Waals surface area (Å²) in [5.74, 6) is 0. The summed E-state index contributed by atoms with van der Waals surface area (Å²) < 4.78 is 4.03. The predicted molar refractivity (Wildman–Crippen MR) is 22.5 cm³/mol. The van der Waals surface area contributed by atoms with Gasteiger partial charge in [0.1, 0.15) is 0 Å². The Bertz CT molecular complexity index is 235. The normalized spacial score (nSPS) is 9.00. The maximum Gasteiger partial charge on any atom is 0.388 e. The van der Waals surface area contributed by atoms with Crippen LogP contribution < -0.4 is 5.63 Å². The Morgan fingerprint density at radius 1 is 1.75 bits per heavy atom. The molecule has 0 amide bonds. The Balaban J connectivity index is 3.30. The highest BCUT2D eigenvalue weighted by molar-refractivity contribution is 5.70. The second-order valence-corrected chi connectivity index (χ2v) is 1.10. The third-order valence-corrected chi connectivity index (χ3v) is 0.625. The van der Waals surface area contributed by atoms with Gasteiger partial charge in [-0.3, -0.25) is 4.79 Å². The molecule has 1 N–H and O–H groups in total. The van der Waals surface area contributed by atoms with Crippen LogP contribution in [0.1, 0.15) is 10.5 Å². The van der Waals surface area contributed by atoms with Gasteiger partial charge < -0.3 is 4.52 Å². The fourth-order valence-corrected chi connectivity index (χ4v) is 0.286. The van der Waals surface area contributed by atoms with Crippen LogP contribution in [0.2, 0.25) is 0 Å². The lowest BCUT2D eigenvalue weighted by molar-refractivity contribution is 0.111. The maximum absolute atomic E-state index is 10.2. The van der Waals surface area contributed by atoms with Crippen LogP contribution in [0.3, 0.4) is 0 Å². The second-order valence-electron chi connectivity index (χ2n) is 1.10. The number of carbonyl (C=O) groups is 1. The van der Waals surface area contributed by atoms with E-state index < -0.39 is 5.63 Å². The largest absolute Gasteiger partial charge is 0.388 e. The van der Waals surface area contributed by atoms with Crippen LogP contribution in [0.5, 0.6) is 0 Å². The average Bonchev–Trinajstić information content (AvgIpc) is 2.14. The summed E-state index contributed by atoms with van der Waals surface area (Å²) in [4.78, 5) is 19.9. The van der Waals surface area contributed by atoms with Crippen molar-refractivity contribution >= 4 is 6.29 Å². The fourth-order valence-electron chi connectivity index (χ4n) is 0.286. The Hall–Kier alpha value is -1.39. The first-order valence-electron chi connectivity index (χ1n) is 1.83. The lowest BCUT2D eigenvalue weighted by Crippen LogP contribution is -1.99. The highest BCUT2D eigenvalue weighted by atomic mass is 16.5. The molecule has 0 saturated heterocycles. The van der Waals surface area contributed by atoms with Crippen molar-refractivity contribution in [1.29, 1.82) is 0 Å². The van der Waals surface area contributed by atoms with E-state index in [1.165, 1.54) is 0 Å². The number of aromatic nitrogens is 2. The molecule has 0 aliphatic carbocycles. The number of hydrogen-bond acceptors (Lipinski definition) is 4. The molecule has 0 aromatic carbocycles. The minimum Gasteiger partial charge on any atom is -0.319 e. The molecule has 5 heteroatoms. The van der Waals surface area contributed by atoms with Gasteiger partial charge in [-0.05, 0) is 0 Å². The first-order valence-corrected chi connectivity index (χ1v) is 1.83. The molecule has 5 nitrogen and oxygen atoms in total. The molecule has 8 heavy (non-hydrogen) atoms. The van der Waals surface area contributed by atoms with Gasteiger partial charge in [-0.2, -0.15) is 0 Å². The third-order valence-electron chi connectivity index (χ3n) is 0.625. The highest BCUT2D eigenvalue weighted by Crippen LogP contribution is 1.70. The summed E-state index contributed by atoms with van der Waals surface area (Å²) in [7, 11) is 0. The number of rotatable bonds is 1. The van der Waals surface area contributed by atoms with Crippen molar-refractivity contribution in [3.05, 3.63) is 16.1 Å². The zero-order valence-electron chi connectivity index (χ0n) is 3.75. The van der Waals surface area contributed by atoms with Crippen LogP contribution in [0.25, 0.3) is 0 Å². The Labute approximate surface area is 43.3 Å².